The summed E-state index contributed by atoms with van der Waals surface area (Å²) in [5.41, 5.74) is 11.6. The Morgan fingerprint density at radius 3 is 2.60 bits per heavy atom. The fourth-order valence-electron chi connectivity index (χ4n) is 2.23. The molecule has 0 aromatic heterocycles. The first-order valence-electron chi connectivity index (χ1n) is 6.79. The predicted octanol–water partition coefficient (Wildman–Crippen LogP) is 4.09. The van der Waals surface area contributed by atoms with E-state index in [1.54, 1.807) is 19.1 Å². The van der Waals surface area contributed by atoms with E-state index >= 15 is 0 Å². The number of rotatable bonds is 4. The monoisotopic (exact) mass is 268 g/mol. The molecule has 0 atom stereocenters. The third-order valence-corrected chi connectivity index (χ3v) is 3.46. The van der Waals surface area contributed by atoms with E-state index < -0.39 is 0 Å². The van der Waals surface area contributed by atoms with Crippen molar-refractivity contribution in [2.75, 3.05) is 11.1 Å². The average Bonchev–Trinajstić information content (AvgIpc) is 2.42. The maximum absolute atomic E-state index is 11.3. The van der Waals surface area contributed by atoms with Crippen molar-refractivity contribution in [1.29, 1.82) is 0 Å². The topological polar surface area (TPSA) is 55.1 Å². The Morgan fingerprint density at radius 2 is 2.00 bits per heavy atom. The molecule has 0 aliphatic carbocycles. The summed E-state index contributed by atoms with van der Waals surface area (Å²) in [4.78, 5) is 11.3. The zero-order chi connectivity index (χ0) is 14.7. The Bertz CT molecular complexity index is 647. The molecule has 104 valence electrons. The van der Waals surface area contributed by atoms with E-state index in [-0.39, 0.29) is 5.78 Å². The maximum Gasteiger partial charge on any atom is 0.159 e. The SMILES string of the molecule is CCc1cccc(C)c1Nc1ccc(C(C)=O)cc1N. The standard InChI is InChI=1S/C17H20N2O/c1-4-13-7-5-6-11(2)17(13)19-16-9-8-14(12(3)20)10-15(16)18/h5-10,19H,4,18H2,1-3H3. The van der Waals surface area contributed by atoms with Crippen LogP contribution in [0.3, 0.4) is 0 Å². The minimum atomic E-state index is 0.0217. The lowest BCUT2D eigenvalue weighted by molar-refractivity contribution is 0.101. The lowest BCUT2D eigenvalue weighted by atomic mass is 10.0. The molecule has 0 heterocycles. The molecule has 3 heteroatoms. The van der Waals surface area contributed by atoms with Crippen molar-refractivity contribution in [2.24, 2.45) is 0 Å². The maximum atomic E-state index is 11.3. The first kappa shape index (κ1) is 14.1. The van der Waals surface area contributed by atoms with E-state index in [0.29, 0.717) is 11.3 Å². The van der Waals surface area contributed by atoms with Crippen molar-refractivity contribution in [1.82, 2.24) is 0 Å². The zero-order valence-corrected chi connectivity index (χ0v) is 12.2. The van der Waals surface area contributed by atoms with Gasteiger partial charge in [0.2, 0.25) is 0 Å². The molecule has 0 amide bonds. The van der Waals surface area contributed by atoms with Gasteiger partial charge >= 0.3 is 0 Å². The molecule has 20 heavy (non-hydrogen) atoms. The summed E-state index contributed by atoms with van der Waals surface area (Å²) < 4.78 is 0. The van der Waals surface area contributed by atoms with Gasteiger partial charge in [0.05, 0.1) is 11.4 Å². The molecule has 0 aliphatic rings. The first-order valence-corrected chi connectivity index (χ1v) is 6.79. The number of benzene rings is 2. The molecule has 3 nitrogen and oxygen atoms in total. The fourth-order valence-corrected chi connectivity index (χ4v) is 2.23. The summed E-state index contributed by atoms with van der Waals surface area (Å²) in [5.74, 6) is 0.0217. The molecule has 0 unspecified atom stereocenters. The van der Waals surface area contributed by atoms with Crippen LogP contribution in [0.1, 0.15) is 35.3 Å². The van der Waals surface area contributed by atoms with Gasteiger partial charge in [0.25, 0.3) is 0 Å². The summed E-state index contributed by atoms with van der Waals surface area (Å²) >= 11 is 0. The van der Waals surface area contributed by atoms with Crippen molar-refractivity contribution in [2.45, 2.75) is 27.2 Å². The Morgan fingerprint density at radius 1 is 1.25 bits per heavy atom. The Kier molecular flexibility index (Phi) is 4.08. The number of nitrogens with one attached hydrogen (secondary N) is 1. The molecule has 0 aliphatic heterocycles. The second-order valence-electron chi connectivity index (χ2n) is 4.95. The van der Waals surface area contributed by atoms with Crippen molar-refractivity contribution >= 4 is 22.8 Å². The number of carbonyl (C=O) groups excluding carboxylic acids is 1. The number of carbonyl (C=O) groups is 1. The molecule has 2 aromatic rings. The molecule has 0 spiro atoms. The predicted molar refractivity (Wildman–Crippen MR) is 84.7 cm³/mol. The van der Waals surface area contributed by atoms with E-state index in [9.17, 15) is 4.79 Å². The molecule has 0 fully saturated rings. The van der Waals surface area contributed by atoms with Gasteiger partial charge in [-0.1, -0.05) is 25.1 Å². The van der Waals surface area contributed by atoms with Crippen LogP contribution in [-0.4, -0.2) is 5.78 Å². The Labute approximate surface area is 119 Å². The van der Waals surface area contributed by atoms with Gasteiger partial charge in [-0.25, -0.2) is 0 Å². The van der Waals surface area contributed by atoms with Crippen LogP contribution in [0.5, 0.6) is 0 Å². The van der Waals surface area contributed by atoms with Gasteiger partial charge in [-0.05, 0) is 49.6 Å². The Balaban J connectivity index is 2.38. The zero-order valence-electron chi connectivity index (χ0n) is 12.2. The summed E-state index contributed by atoms with van der Waals surface area (Å²) in [6.45, 7) is 5.74. The normalized spacial score (nSPS) is 10.3. The lowest BCUT2D eigenvalue weighted by Crippen LogP contribution is -2.02. The van der Waals surface area contributed by atoms with Gasteiger partial charge in [-0.2, -0.15) is 0 Å². The molecule has 0 radical (unpaired) electrons. The molecule has 0 bridgehead atoms. The molecule has 3 N–H and O–H groups in total. The van der Waals surface area contributed by atoms with Crippen molar-refractivity contribution in [3.63, 3.8) is 0 Å². The summed E-state index contributed by atoms with van der Waals surface area (Å²) in [6.07, 6.45) is 0.954. The van der Waals surface area contributed by atoms with Gasteiger partial charge < -0.3 is 11.1 Å². The number of ketones is 1. The van der Waals surface area contributed by atoms with E-state index in [1.165, 1.54) is 11.1 Å². The summed E-state index contributed by atoms with van der Waals surface area (Å²) in [6, 6.07) is 11.6. The van der Waals surface area contributed by atoms with Gasteiger partial charge in [0.15, 0.2) is 5.78 Å². The van der Waals surface area contributed by atoms with E-state index in [2.05, 4.69) is 37.4 Å². The van der Waals surface area contributed by atoms with Crippen LogP contribution in [-0.2, 0) is 6.42 Å². The highest BCUT2D eigenvalue weighted by atomic mass is 16.1. The van der Waals surface area contributed by atoms with Crippen LogP contribution in [0.15, 0.2) is 36.4 Å². The van der Waals surface area contributed by atoms with E-state index in [0.717, 1.165) is 17.8 Å². The number of aryl methyl sites for hydroxylation is 2. The molecule has 0 saturated carbocycles. The summed E-state index contributed by atoms with van der Waals surface area (Å²) in [5, 5.41) is 3.39. The fraction of sp³-hybridized carbons (Fsp3) is 0.235. The molecule has 0 saturated heterocycles. The van der Waals surface area contributed by atoms with Gasteiger partial charge in [0.1, 0.15) is 0 Å². The number of hydrogen-bond acceptors (Lipinski definition) is 3. The highest BCUT2D eigenvalue weighted by Gasteiger charge is 2.08. The highest BCUT2D eigenvalue weighted by molar-refractivity contribution is 5.96. The molecular formula is C17H20N2O. The van der Waals surface area contributed by atoms with Gasteiger partial charge in [0, 0.05) is 11.3 Å². The quantitative estimate of drug-likeness (QED) is 0.648. The average molecular weight is 268 g/mol. The first-order chi connectivity index (χ1) is 9.52. The van der Waals surface area contributed by atoms with Crippen LogP contribution in [0, 0.1) is 6.92 Å². The Hall–Kier alpha value is -2.29. The largest absolute Gasteiger partial charge is 0.397 e. The third-order valence-electron chi connectivity index (χ3n) is 3.46. The second-order valence-corrected chi connectivity index (χ2v) is 4.95. The van der Waals surface area contributed by atoms with Crippen molar-refractivity contribution in [3.8, 4) is 0 Å². The third kappa shape index (κ3) is 2.82. The number of nitrogens with two attached hydrogens (primary N) is 1. The van der Waals surface area contributed by atoms with E-state index in [1.807, 2.05) is 6.07 Å². The van der Waals surface area contributed by atoms with Crippen LogP contribution in [0.4, 0.5) is 17.1 Å². The minimum Gasteiger partial charge on any atom is -0.397 e. The number of nitrogen functional groups attached to an aromatic ring is 1. The molecule has 2 aromatic carbocycles. The van der Waals surface area contributed by atoms with Crippen LogP contribution >= 0.6 is 0 Å². The number of para-hydroxylation sites is 1. The minimum absolute atomic E-state index is 0.0217. The van der Waals surface area contributed by atoms with Crippen LogP contribution in [0.2, 0.25) is 0 Å². The van der Waals surface area contributed by atoms with Gasteiger partial charge in [-0.15, -0.1) is 0 Å². The van der Waals surface area contributed by atoms with Crippen LogP contribution < -0.4 is 11.1 Å². The molecule has 2 rings (SSSR count). The van der Waals surface area contributed by atoms with Gasteiger partial charge in [-0.3, -0.25) is 4.79 Å². The smallest absolute Gasteiger partial charge is 0.159 e. The summed E-state index contributed by atoms with van der Waals surface area (Å²) in [7, 11) is 0. The number of anilines is 3. The number of Topliss-reactive ketones (excluding diaryl/α,β-unsaturated/α-hetero) is 1. The van der Waals surface area contributed by atoms with Crippen molar-refractivity contribution in [3.05, 3.63) is 53.1 Å². The second kappa shape index (κ2) is 5.78. The van der Waals surface area contributed by atoms with Crippen molar-refractivity contribution < 1.29 is 4.79 Å². The highest BCUT2D eigenvalue weighted by Crippen LogP contribution is 2.29. The van der Waals surface area contributed by atoms with Crippen LogP contribution in [0.25, 0.3) is 0 Å². The molecular weight excluding hydrogens is 248 g/mol. The number of hydrogen-bond donors (Lipinski definition) is 2. The lowest BCUT2D eigenvalue weighted by Gasteiger charge is -2.16. The van der Waals surface area contributed by atoms with E-state index in [4.69, 9.17) is 5.73 Å².